The van der Waals surface area contributed by atoms with Crippen LogP contribution in [0.1, 0.15) is 11.1 Å². The molecular weight excluding hydrogens is 310 g/mol. The summed E-state index contributed by atoms with van der Waals surface area (Å²) in [4.78, 5) is 3.26. The molecule has 0 saturated carbocycles. The monoisotopic (exact) mass is 319 g/mol. The SMILES string of the molecule is COc1ccc(N2C(=S)c3ccc(Cl)cc3C2=S)cc1. The van der Waals surface area contributed by atoms with Gasteiger partial charge in [0.25, 0.3) is 0 Å². The van der Waals surface area contributed by atoms with Crippen molar-refractivity contribution in [2.45, 2.75) is 0 Å². The molecular formula is C15H10ClNOS2. The molecule has 0 unspecified atom stereocenters. The molecule has 0 radical (unpaired) electrons. The molecule has 0 aliphatic carbocycles. The molecule has 1 aliphatic rings. The van der Waals surface area contributed by atoms with Gasteiger partial charge in [0.15, 0.2) is 0 Å². The molecule has 1 heterocycles. The number of ether oxygens (including phenoxy) is 1. The minimum Gasteiger partial charge on any atom is -0.497 e. The number of hydrogen-bond acceptors (Lipinski definition) is 3. The molecule has 2 nitrogen and oxygen atoms in total. The molecule has 0 spiro atoms. The lowest BCUT2D eigenvalue weighted by Crippen LogP contribution is -2.27. The second-order valence-corrected chi connectivity index (χ2v) is 5.54. The third-order valence-corrected chi connectivity index (χ3v) is 4.22. The Balaban J connectivity index is 2.04. The van der Waals surface area contributed by atoms with Gasteiger partial charge in [0.1, 0.15) is 15.7 Å². The fraction of sp³-hybridized carbons (Fsp3) is 0.0667. The zero-order valence-corrected chi connectivity index (χ0v) is 13.0. The molecule has 2 aromatic carbocycles. The average Bonchev–Trinajstić information content (AvgIpc) is 2.71. The Hall–Kier alpha value is -1.49. The number of halogens is 1. The van der Waals surface area contributed by atoms with Crippen LogP contribution < -0.4 is 9.64 Å². The van der Waals surface area contributed by atoms with Gasteiger partial charge >= 0.3 is 0 Å². The Kier molecular flexibility index (Phi) is 3.46. The summed E-state index contributed by atoms with van der Waals surface area (Å²) < 4.78 is 5.16. The maximum absolute atomic E-state index is 6.03. The van der Waals surface area contributed by atoms with E-state index in [1.165, 1.54) is 0 Å². The van der Waals surface area contributed by atoms with Crippen LogP contribution in [0.3, 0.4) is 0 Å². The maximum Gasteiger partial charge on any atom is 0.119 e. The van der Waals surface area contributed by atoms with Gasteiger partial charge in [-0.15, -0.1) is 0 Å². The average molecular weight is 320 g/mol. The summed E-state index contributed by atoms with van der Waals surface area (Å²) in [6, 6.07) is 13.2. The van der Waals surface area contributed by atoms with Gasteiger partial charge in [-0.1, -0.05) is 36.0 Å². The van der Waals surface area contributed by atoms with Crippen LogP contribution in [0, 0.1) is 0 Å². The summed E-state index contributed by atoms with van der Waals surface area (Å²) >= 11 is 17.1. The van der Waals surface area contributed by atoms with Gasteiger partial charge in [-0.2, -0.15) is 0 Å². The van der Waals surface area contributed by atoms with Gasteiger partial charge in [-0.05, 0) is 42.5 Å². The molecule has 0 atom stereocenters. The Morgan fingerprint density at radius 2 is 1.60 bits per heavy atom. The molecule has 0 aromatic heterocycles. The van der Waals surface area contributed by atoms with Crippen LogP contribution >= 0.6 is 36.0 Å². The highest BCUT2D eigenvalue weighted by Crippen LogP contribution is 2.32. The molecule has 5 heteroatoms. The fourth-order valence-electron chi connectivity index (χ4n) is 2.18. The quantitative estimate of drug-likeness (QED) is 0.768. The van der Waals surface area contributed by atoms with Crippen molar-refractivity contribution in [3.05, 3.63) is 58.6 Å². The Bertz CT molecular complexity index is 712. The van der Waals surface area contributed by atoms with E-state index in [0.717, 1.165) is 22.6 Å². The summed E-state index contributed by atoms with van der Waals surface area (Å²) in [5.41, 5.74) is 2.78. The highest BCUT2D eigenvalue weighted by molar-refractivity contribution is 7.83. The van der Waals surface area contributed by atoms with Gasteiger partial charge in [0.05, 0.1) is 7.11 Å². The second-order valence-electron chi connectivity index (χ2n) is 4.33. The van der Waals surface area contributed by atoms with Gasteiger partial charge in [-0.3, -0.25) is 4.90 Å². The summed E-state index contributed by atoms with van der Waals surface area (Å²) in [6.45, 7) is 0. The molecule has 20 heavy (non-hydrogen) atoms. The number of rotatable bonds is 2. The van der Waals surface area contributed by atoms with E-state index in [4.69, 9.17) is 40.8 Å². The lowest BCUT2D eigenvalue weighted by molar-refractivity contribution is 0.415. The van der Waals surface area contributed by atoms with Gasteiger partial charge in [0, 0.05) is 21.8 Å². The zero-order chi connectivity index (χ0) is 14.3. The van der Waals surface area contributed by atoms with E-state index in [0.29, 0.717) is 15.0 Å². The van der Waals surface area contributed by atoms with Crippen molar-refractivity contribution in [1.29, 1.82) is 0 Å². The fourth-order valence-corrected chi connectivity index (χ4v) is 3.15. The van der Waals surface area contributed by atoms with Crippen molar-refractivity contribution in [1.82, 2.24) is 0 Å². The summed E-state index contributed by atoms with van der Waals surface area (Å²) in [7, 11) is 1.64. The highest BCUT2D eigenvalue weighted by Gasteiger charge is 2.30. The summed E-state index contributed by atoms with van der Waals surface area (Å²) in [6.07, 6.45) is 0. The van der Waals surface area contributed by atoms with Crippen LogP contribution in [0.25, 0.3) is 0 Å². The zero-order valence-electron chi connectivity index (χ0n) is 10.6. The first kappa shape index (κ1) is 13.5. The molecule has 0 fully saturated rings. The topological polar surface area (TPSA) is 12.5 Å². The Morgan fingerprint density at radius 1 is 0.950 bits per heavy atom. The molecule has 2 aromatic rings. The second kappa shape index (κ2) is 5.13. The van der Waals surface area contributed by atoms with Crippen molar-refractivity contribution < 1.29 is 4.74 Å². The van der Waals surface area contributed by atoms with Gasteiger partial charge in [-0.25, -0.2) is 0 Å². The normalized spacial score (nSPS) is 13.6. The first-order chi connectivity index (χ1) is 9.61. The van der Waals surface area contributed by atoms with E-state index in [1.54, 1.807) is 7.11 Å². The summed E-state index contributed by atoms with van der Waals surface area (Å²) in [5.74, 6) is 0.797. The number of nitrogens with zero attached hydrogens (tertiary/aromatic N) is 1. The van der Waals surface area contributed by atoms with Crippen LogP contribution in [0.4, 0.5) is 5.69 Å². The molecule has 0 saturated heterocycles. The van der Waals surface area contributed by atoms with Crippen molar-refractivity contribution in [2.24, 2.45) is 0 Å². The van der Waals surface area contributed by atoms with Crippen molar-refractivity contribution in [2.75, 3.05) is 12.0 Å². The lowest BCUT2D eigenvalue weighted by Gasteiger charge is -2.18. The lowest BCUT2D eigenvalue weighted by atomic mass is 10.1. The number of hydrogen-bond donors (Lipinski definition) is 0. The van der Waals surface area contributed by atoms with Crippen molar-refractivity contribution >= 4 is 51.7 Å². The van der Waals surface area contributed by atoms with Gasteiger partial charge in [0.2, 0.25) is 0 Å². The third kappa shape index (κ3) is 2.10. The molecule has 0 bridgehead atoms. The van der Waals surface area contributed by atoms with E-state index in [-0.39, 0.29) is 0 Å². The summed E-state index contributed by atoms with van der Waals surface area (Å²) in [5, 5.41) is 0.658. The molecule has 1 aliphatic heterocycles. The van der Waals surface area contributed by atoms with Crippen LogP contribution in [0.2, 0.25) is 5.02 Å². The van der Waals surface area contributed by atoms with E-state index in [9.17, 15) is 0 Å². The minimum atomic E-state index is 0.658. The highest BCUT2D eigenvalue weighted by atomic mass is 35.5. The first-order valence-electron chi connectivity index (χ1n) is 5.94. The van der Waals surface area contributed by atoms with Crippen LogP contribution in [-0.4, -0.2) is 17.1 Å². The number of anilines is 1. The van der Waals surface area contributed by atoms with Gasteiger partial charge < -0.3 is 4.74 Å². The number of thiocarbonyl (C=S) groups is 2. The molecule has 3 rings (SSSR count). The molecule has 0 amide bonds. The number of methoxy groups -OCH3 is 1. The first-order valence-corrected chi connectivity index (χ1v) is 7.13. The smallest absolute Gasteiger partial charge is 0.119 e. The van der Waals surface area contributed by atoms with E-state index < -0.39 is 0 Å². The van der Waals surface area contributed by atoms with Crippen molar-refractivity contribution in [3.63, 3.8) is 0 Å². The van der Waals surface area contributed by atoms with Crippen LogP contribution in [0.5, 0.6) is 5.75 Å². The van der Waals surface area contributed by atoms with Crippen molar-refractivity contribution in [3.8, 4) is 5.75 Å². The Morgan fingerprint density at radius 3 is 2.25 bits per heavy atom. The van der Waals surface area contributed by atoms with E-state index >= 15 is 0 Å². The molecule has 100 valence electrons. The number of fused-ring (bicyclic) bond motifs is 1. The minimum absolute atomic E-state index is 0.658. The Labute approximate surface area is 132 Å². The van der Waals surface area contributed by atoms with E-state index in [2.05, 4.69) is 0 Å². The largest absolute Gasteiger partial charge is 0.497 e. The predicted octanol–water partition coefficient (Wildman–Crippen LogP) is 4.22. The predicted molar refractivity (Wildman–Crippen MR) is 90.3 cm³/mol. The standard InChI is InChI=1S/C15H10ClNOS2/c1-18-11-5-3-10(4-6-11)17-14(19)12-7-2-9(16)8-13(12)15(17)20/h2-8H,1H3. The van der Waals surface area contributed by atoms with Crippen LogP contribution in [-0.2, 0) is 0 Å². The number of benzene rings is 2. The van der Waals surface area contributed by atoms with E-state index in [1.807, 2.05) is 47.4 Å². The van der Waals surface area contributed by atoms with Crippen LogP contribution in [0.15, 0.2) is 42.5 Å². The maximum atomic E-state index is 6.03. The third-order valence-electron chi connectivity index (χ3n) is 3.18. The molecule has 0 N–H and O–H groups in total.